The van der Waals surface area contributed by atoms with E-state index in [0.717, 1.165) is 33.5 Å². The lowest BCUT2D eigenvalue weighted by atomic mass is 10.0. The molecule has 0 radical (unpaired) electrons. The van der Waals surface area contributed by atoms with Crippen molar-refractivity contribution in [2.24, 2.45) is 0 Å². The highest BCUT2D eigenvalue weighted by molar-refractivity contribution is 7.98. The number of benzene rings is 3. The summed E-state index contributed by atoms with van der Waals surface area (Å²) in [6.45, 7) is 0. The van der Waals surface area contributed by atoms with E-state index in [1.54, 1.807) is 34.4 Å². The number of hydrogen-bond donors (Lipinski definition) is 1. The van der Waals surface area contributed by atoms with E-state index in [2.05, 4.69) is 94.7 Å². The van der Waals surface area contributed by atoms with Crippen LogP contribution in [-0.4, -0.2) is 16.2 Å². The van der Waals surface area contributed by atoms with Crippen LogP contribution in [0.1, 0.15) is 11.1 Å². The van der Waals surface area contributed by atoms with Gasteiger partial charge in [0.15, 0.2) is 10.3 Å². The van der Waals surface area contributed by atoms with Crippen LogP contribution in [0.15, 0.2) is 83.1 Å². The molecule has 1 N–H and O–H groups in total. The van der Waals surface area contributed by atoms with Crippen molar-refractivity contribution in [1.82, 2.24) is 9.97 Å². The Morgan fingerprint density at radius 2 is 1.67 bits per heavy atom. The molecule has 2 heterocycles. The van der Waals surface area contributed by atoms with Crippen molar-refractivity contribution in [3.05, 3.63) is 89.3 Å². The van der Waals surface area contributed by atoms with Crippen molar-refractivity contribution in [1.29, 1.82) is 0 Å². The monoisotopic (exact) mass is 445 g/mol. The minimum absolute atomic E-state index is 0.863. The Hall–Kier alpha value is -2.67. The van der Waals surface area contributed by atoms with Crippen LogP contribution in [-0.2, 0) is 6.42 Å². The quantitative estimate of drug-likeness (QED) is 0.275. The maximum Gasteiger partial charge on any atom is 0.190 e. The van der Waals surface area contributed by atoms with Gasteiger partial charge in [0.1, 0.15) is 0 Å². The number of anilines is 2. The van der Waals surface area contributed by atoms with Crippen LogP contribution in [0.2, 0.25) is 0 Å². The third-order valence-corrected chi connectivity index (χ3v) is 7.23. The summed E-state index contributed by atoms with van der Waals surface area (Å²) < 4.78 is 1.19. The Balaban J connectivity index is 1.30. The number of hydrogen-bond acceptors (Lipinski definition) is 6. The standard InChI is InChI=1S/C24H19N3S3/c1-28-19-11-12-20-22(14-19)30-24(25-20)27-23-26-21(15-29-23)18-9-7-17(8-10-18)13-16-5-3-2-4-6-16/h2-12,14-15H,13H2,1H3,(H,25,26,27). The molecular formula is C24H19N3S3. The maximum absolute atomic E-state index is 4.76. The number of rotatable bonds is 6. The third kappa shape index (κ3) is 4.26. The zero-order chi connectivity index (χ0) is 20.3. The van der Waals surface area contributed by atoms with Gasteiger partial charge in [-0.15, -0.1) is 23.1 Å². The first-order chi connectivity index (χ1) is 14.8. The fourth-order valence-electron chi connectivity index (χ4n) is 3.27. The molecule has 0 spiro atoms. The van der Waals surface area contributed by atoms with E-state index in [0.29, 0.717) is 0 Å². The molecule has 0 saturated carbocycles. The lowest BCUT2D eigenvalue weighted by molar-refractivity contribution is 1.19. The average Bonchev–Trinajstić information content (AvgIpc) is 3.41. The highest BCUT2D eigenvalue weighted by atomic mass is 32.2. The molecule has 0 fully saturated rings. The molecule has 2 aromatic heterocycles. The van der Waals surface area contributed by atoms with E-state index in [1.165, 1.54) is 20.7 Å². The Morgan fingerprint density at radius 3 is 2.47 bits per heavy atom. The number of nitrogens with one attached hydrogen (secondary N) is 1. The maximum atomic E-state index is 4.76. The molecule has 0 saturated heterocycles. The second kappa shape index (κ2) is 8.60. The van der Waals surface area contributed by atoms with Crippen LogP contribution >= 0.6 is 34.4 Å². The van der Waals surface area contributed by atoms with Gasteiger partial charge in [-0.1, -0.05) is 65.9 Å². The van der Waals surface area contributed by atoms with E-state index in [1.807, 2.05) is 0 Å². The van der Waals surface area contributed by atoms with E-state index in [4.69, 9.17) is 4.98 Å². The van der Waals surface area contributed by atoms with Crippen LogP contribution in [0.4, 0.5) is 10.3 Å². The summed E-state index contributed by atoms with van der Waals surface area (Å²) in [7, 11) is 0. The van der Waals surface area contributed by atoms with E-state index >= 15 is 0 Å². The highest BCUT2D eigenvalue weighted by Gasteiger charge is 2.09. The molecule has 5 aromatic rings. The predicted molar refractivity (Wildman–Crippen MR) is 131 cm³/mol. The first-order valence-electron chi connectivity index (χ1n) is 9.57. The van der Waals surface area contributed by atoms with Crippen molar-refractivity contribution < 1.29 is 0 Å². The van der Waals surface area contributed by atoms with Gasteiger partial charge in [0.25, 0.3) is 0 Å². The molecule has 0 aliphatic rings. The third-order valence-electron chi connectivity index (χ3n) is 4.81. The molecule has 0 aliphatic heterocycles. The zero-order valence-corrected chi connectivity index (χ0v) is 18.8. The van der Waals surface area contributed by atoms with Crippen LogP contribution in [0, 0.1) is 0 Å². The molecule has 0 atom stereocenters. The van der Waals surface area contributed by atoms with Gasteiger partial charge < -0.3 is 5.32 Å². The Morgan fingerprint density at radius 1 is 0.867 bits per heavy atom. The topological polar surface area (TPSA) is 37.8 Å². The second-order valence-electron chi connectivity index (χ2n) is 6.87. The van der Waals surface area contributed by atoms with Gasteiger partial charge >= 0.3 is 0 Å². The summed E-state index contributed by atoms with van der Waals surface area (Å²) in [5, 5.41) is 7.20. The van der Waals surface area contributed by atoms with Crippen LogP contribution in [0.5, 0.6) is 0 Å². The van der Waals surface area contributed by atoms with Gasteiger partial charge in [-0.3, -0.25) is 0 Å². The fraction of sp³-hybridized carbons (Fsp3) is 0.0833. The Kier molecular flexibility index (Phi) is 5.53. The number of thiazole rings is 2. The molecule has 3 nitrogen and oxygen atoms in total. The van der Waals surface area contributed by atoms with E-state index in [9.17, 15) is 0 Å². The molecule has 5 rings (SSSR count). The van der Waals surface area contributed by atoms with Crippen molar-refractivity contribution in [3.8, 4) is 11.3 Å². The lowest BCUT2D eigenvalue weighted by Gasteiger charge is -2.03. The largest absolute Gasteiger partial charge is 0.307 e. The second-order valence-corrected chi connectivity index (χ2v) is 9.64. The first-order valence-corrected chi connectivity index (χ1v) is 12.5. The average molecular weight is 446 g/mol. The molecule has 30 heavy (non-hydrogen) atoms. The molecule has 0 unspecified atom stereocenters. The molecule has 3 aromatic carbocycles. The molecule has 0 amide bonds. The summed E-state index contributed by atoms with van der Waals surface area (Å²) in [6, 6.07) is 25.6. The summed E-state index contributed by atoms with van der Waals surface area (Å²) in [5.74, 6) is 0. The molecule has 6 heteroatoms. The predicted octanol–water partition coefficient (Wildman–Crippen LogP) is 7.48. The summed E-state index contributed by atoms with van der Waals surface area (Å²) in [4.78, 5) is 10.7. The molecule has 148 valence electrons. The highest BCUT2D eigenvalue weighted by Crippen LogP contribution is 2.33. The fourth-order valence-corrected chi connectivity index (χ4v) is 5.47. The first kappa shape index (κ1) is 19.3. The van der Waals surface area contributed by atoms with Crippen LogP contribution < -0.4 is 5.32 Å². The van der Waals surface area contributed by atoms with Crippen molar-refractivity contribution in [3.63, 3.8) is 0 Å². The number of thioether (sulfide) groups is 1. The number of fused-ring (bicyclic) bond motifs is 1. The van der Waals surface area contributed by atoms with E-state index in [-0.39, 0.29) is 0 Å². The normalized spacial score (nSPS) is 11.1. The molecule has 0 aliphatic carbocycles. The van der Waals surface area contributed by atoms with Crippen molar-refractivity contribution in [2.45, 2.75) is 11.3 Å². The van der Waals surface area contributed by atoms with Crippen molar-refractivity contribution in [2.75, 3.05) is 11.6 Å². The summed E-state index contributed by atoms with van der Waals surface area (Å²) in [5.41, 5.74) is 5.76. The van der Waals surface area contributed by atoms with Gasteiger partial charge in [-0.05, 0) is 42.0 Å². The van der Waals surface area contributed by atoms with Gasteiger partial charge in [0.2, 0.25) is 0 Å². The van der Waals surface area contributed by atoms with Gasteiger partial charge in [0, 0.05) is 15.8 Å². The lowest BCUT2D eigenvalue weighted by Crippen LogP contribution is -1.89. The van der Waals surface area contributed by atoms with Gasteiger partial charge in [-0.25, -0.2) is 9.97 Å². The summed E-state index contributed by atoms with van der Waals surface area (Å²) in [6.07, 6.45) is 3.04. The molecular weight excluding hydrogens is 426 g/mol. The number of nitrogens with zero attached hydrogens (tertiary/aromatic N) is 2. The SMILES string of the molecule is CSc1ccc2nc(Nc3nc(-c4ccc(Cc5ccccc5)cc4)cs3)sc2c1. The van der Waals surface area contributed by atoms with Crippen LogP contribution in [0.25, 0.3) is 21.5 Å². The summed E-state index contributed by atoms with van der Waals surface area (Å²) >= 11 is 5.01. The minimum Gasteiger partial charge on any atom is -0.307 e. The smallest absolute Gasteiger partial charge is 0.190 e. The van der Waals surface area contributed by atoms with Gasteiger partial charge in [-0.2, -0.15) is 0 Å². The van der Waals surface area contributed by atoms with E-state index < -0.39 is 0 Å². The molecule has 0 bridgehead atoms. The Labute approximate surface area is 187 Å². The van der Waals surface area contributed by atoms with Crippen molar-refractivity contribution >= 4 is 54.9 Å². The zero-order valence-electron chi connectivity index (χ0n) is 16.3. The van der Waals surface area contributed by atoms with Gasteiger partial charge in [0.05, 0.1) is 15.9 Å². The number of aromatic nitrogens is 2. The Bertz CT molecular complexity index is 1270. The minimum atomic E-state index is 0.863. The van der Waals surface area contributed by atoms with Crippen LogP contribution in [0.3, 0.4) is 0 Å².